The molecule has 1 aliphatic heterocycles. The number of hydrogen-bond acceptors (Lipinski definition) is 4. The van der Waals surface area contributed by atoms with E-state index in [2.05, 4.69) is 73.9 Å². The highest BCUT2D eigenvalue weighted by atomic mass is 16.2. The van der Waals surface area contributed by atoms with Crippen molar-refractivity contribution in [3.8, 4) is 11.3 Å². The molecule has 2 aliphatic rings. The van der Waals surface area contributed by atoms with Crippen LogP contribution in [0.1, 0.15) is 64.5 Å². The normalized spacial score (nSPS) is 20.1. The monoisotopic (exact) mass is 421 g/mol. The number of aromatic nitrogens is 1. The minimum Gasteiger partial charge on any atom is -0.396 e. The van der Waals surface area contributed by atoms with Gasteiger partial charge in [-0.3, -0.25) is 4.90 Å². The van der Waals surface area contributed by atoms with Crippen molar-refractivity contribution in [2.75, 3.05) is 44.2 Å². The molecule has 0 spiro atoms. The van der Waals surface area contributed by atoms with Crippen LogP contribution in [0.2, 0.25) is 0 Å². The van der Waals surface area contributed by atoms with Gasteiger partial charge in [0.2, 0.25) is 0 Å². The number of pyridine rings is 1. The van der Waals surface area contributed by atoms with E-state index in [4.69, 9.17) is 10.1 Å². The average molecular weight is 422 g/mol. The van der Waals surface area contributed by atoms with Gasteiger partial charge < -0.3 is 10.0 Å². The van der Waals surface area contributed by atoms with Crippen LogP contribution in [0.4, 0.5) is 5.82 Å². The first-order valence-corrected chi connectivity index (χ1v) is 12.0. The summed E-state index contributed by atoms with van der Waals surface area (Å²) < 4.78 is 0. The second-order valence-corrected chi connectivity index (χ2v) is 10.7. The maximum Gasteiger partial charge on any atom is 0.129 e. The molecule has 1 fully saturated rings. The van der Waals surface area contributed by atoms with E-state index in [1.54, 1.807) is 0 Å². The Hall–Kier alpha value is -1.91. The molecule has 31 heavy (non-hydrogen) atoms. The molecule has 0 bridgehead atoms. The molecule has 0 saturated carbocycles. The first kappa shape index (κ1) is 22.3. The van der Waals surface area contributed by atoms with Crippen molar-refractivity contribution in [2.24, 2.45) is 0 Å². The van der Waals surface area contributed by atoms with Gasteiger partial charge in [0.25, 0.3) is 0 Å². The van der Waals surface area contributed by atoms with Crippen molar-refractivity contribution in [1.29, 1.82) is 0 Å². The lowest BCUT2D eigenvalue weighted by Crippen LogP contribution is -2.46. The fourth-order valence-corrected chi connectivity index (χ4v) is 5.73. The zero-order chi connectivity index (χ0) is 22.1. The van der Waals surface area contributed by atoms with Gasteiger partial charge in [0.1, 0.15) is 5.82 Å². The summed E-state index contributed by atoms with van der Waals surface area (Å²) in [6.45, 7) is 15.2. The van der Waals surface area contributed by atoms with Crippen LogP contribution < -0.4 is 4.90 Å². The van der Waals surface area contributed by atoms with Crippen LogP contribution in [0, 0.1) is 0 Å². The average Bonchev–Trinajstić information content (AvgIpc) is 2.95. The Labute approximate surface area is 188 Å². The van der Waals surface area contributed by atoms with E-state index in [9.17, 15) is 0 Å². The van der Waals surface area contributed by atoms with Crippen LogP contribution in [0.25, 0.3) is 11.3 Å². The number of fused-ring (bicyclic) bond motifs is 1. The third-order valence-corrected chi connectivity index (χ3v) is 7.22. The molecule has 1 aromatic heterocycles. The molecule has 1 aromatic carbocycles. The lowest BCUT2D eigenvalue weighted by atomic mass is 9.82. The molecular weight excluding hydrogens is 382 g/mol. The summed E-state index contributed by atoms with van der Waals surface area (Å²) in [4.78, 5) is 10.0. The molecule has 1 saturated heterocycles. The number of aliphatic hydroxyl groups excluding tert-OH is 1. The number of unbranched alkanes of at least 4 members (excludes halogenated alkanes) is 2. The van der Waals surface area contributed by atoms with Gasteiger partial charge in [-0.25, -0.2) is 4.98 Å². The first-order valence-electron chi connectivity index (χ1n) is 12.0. The summed E-state index contributed by atoms with van der Waals surface area (Å²) in [7, 11) is 0. The molecular formula is C27H39N3O. The number of aliphatic hydroxyl groups is 1. The molecule has 4 rings (SSSR count). The van der Waals surface area contributed by atoms with Gasteiger partial charge in [0, 0.05) is 38.3 Å². The van der Waals surface area contributed by atoms with Crippen LogP contribution in [-0.2, 0) is 10.8 Å². The van der Waals surface area contributed by atoms with Crippen molar-refractivity contribution in [2.45, 2.75) is 64.2 Å². The Morgan fingerprint density at radius 3 is 2.35 bits per heavy atom. The zero-order valence-corrected chi connectivity index (χ0v) is 19.8. The first-order chi connectivity index (χ1) is 14.8. The minimum atomic E-state index is 0.208. The van der Waals surface area contributed by atoms with Gasteiger partial charge in [0.05, 0.1) is 5.69 Å². The molecule has 4 heteroatoms. The summed E-state index contributed by atoms with van der Waals surface area (Å²) in [6.07, 6.45) is 4.42. The SMILES string of the molecule is CC1(C)CC(C)(C)c2cc(-c3cccc(N4CCN(CCCCCO)CC4)n3)ccc21. The number of anilines is 1. The van der Waals surface area contributed by atoms with E-state index in [1.807, 2.05) is 0 Å². The molecule has 0 unspecified atom stereocenters. The standard InChI is InChI=1S/C27H39N3O/c1-26(2)20-27(3,4)23-19-21(11-12-22(23)26)24-9-8-10-25(28-24)30-16-14-29(15-17-30)13-6-5-7-18-31/h8-12,19,31H,5-7,13-18,20H2,1-4H3. The van der Waals surface area contributed by atoms with Crippen LogP contribution in [0.5, 0.6) is 0 Å². The summed E-state index contributed by atoms with van der Waals surface area (Å²) in [6, 6.07) is 13.4. The van der Waals surface area contributed by atoms with E-state index in [1.165, 1.54) is 29.5 Å². The third kappa shape index (κ3) is 4.80. The zero-order valence-electron chi connectivity index (χ0n) is 19.8. The van der Waals surface area contributed by atoms with E-state index < -0.39 is 0 Å². The Balaban J connectivity index is 1.46. The van der Waals surface area contributed by atoms with E-state index in [0.29, 0.717) is 6.61 Å². The highest BCUT2D eigenvalue weighted by molar-refractivity contribution is 5.65. The third-order valence-electron chi connectivity index (χ3n) is 7.22. The van der Waals surface area contributed by atoms with Gasteiger partial charge in [-0.2, -0.15) is 0 Å². The lowest BCUT2D eigenvalue weighted by Gasteiger charge is -2.35. The molecule has 2 aromatic rings. The molecule has 0 atom stereocenters. The maximum atomic E-state index is 8.94. The van der Waals surface area contributed by atoms with Gasteiger partial charge in [-0.15, -0.1) is 0 Å². The van der Waals surface area contributed by atoms with Gasteiger partial charge in [-0.05, 0) is 72.4 Å². The van der Waals surface area contributed by atoms with Gasteiger partial charge in [-0.1, -0.05) is 45.9 Å². The van der Waals surface area contributed by atoms with E-state index in [0.717, 1.165) is 57.1 Å². The van der Waals surface area contributed by atoms with E-state index in [-0.39, 0.29) is 10.8 Å². The molecule has 1 aliphatic carbocycles. The second-order valence-electron chi connectivity index (χ2n) is 10.7. The highest BCUT2D eigenvalue weighted by Gasteiger charge is 2.41. The largest absolute Gasteiger partial charge is 0.396 e. The van der Waals surface area contributed by atoms with Crippen molar-refractivity contribution < 1.29 is 5.11 Å². The van der Waals surface area contributed by atoms with Crippen molar-refractivity contribution >= 4 is 5.82 Å². The smallest absolute Gasteiger partial charge is 0.129 e. The fourth-order valence-electron chi connectivity index (χ4n) is 5.73. The van der Waals surface area contributed by atoms with Crippen molar-refractivity contribution in [1.82, 2.24) is 9.88 Å². The van der Waals surface area contributed by atoms with E-state index >= 15 is 0 Å². The summed E-state index contributed by atoms with van der Waals surface area (Å²) in [5.74, 6) is 1.09. The fraction of sp³-hybridized carbons (Fsp3) is 0.593. The van der Waals surface area contributed by atoms with Gasteiger partial charge >= 0.3 is 0 Å². The van der Waals surface area contributed by atoms with Crippen LogP contribution in [0.3, 0.4) is 0 Å². The molecule has 0 radical (unpaired) electrons. The number of nitrogens with zero attached hydrogens (tertiary/aromatic N) is 3. The van der Waals surface area contributed by atoms with Gasteiger partial charge in [0.15, 0.2) is 0 Å². The topological polar surface area (TPSA) is 39.6 Å². The lowest BCUT2D eigenvalue weighted by molar-refractivity contribution is 0.242. The molecule has 168 valence electrons. The summed E-state index contributed by atoms with van der Waals surface area (Å²) in [5.41, 5.74) is 5.73. The number of benzene rings is 1. The second kappa shape index (κ2) is 8.91. The Kier molecular flexibility index (Phi) is 6.41. The predicted molar refractivity (Wildman–Crippen MR) is 130 cm³/mol. The molecule has 0 amide bonds. The number of piperazine rings is 1. The number of rotatable bonds is 7. The molecule has 4 nitrogen and oxygen atoms in total. The molecule has 2 heterocycles. The quantitative estimate of drug-likeness (QED) is 0.639. The van der Waals surface area contributed by atoms with Crippen LogP contribution in [-0.4, -0.2) is 54.3 Å². The minimum absolute atomic E-state index is 0.208. The Morgan fingerprint density at radius 1 is 0.871 bits per heavy atom. The van der Waals surface area contributed by atoms with Crippen molar-refractivity contribution in [3.05, 3.63) is 47.5 Å². The Bertz CT molecular complexity index is 897. The highest BCUT2D eigenvalue weighted by Crippen LogP contribution is 2.50. The molecule has 1 N–H and O–H groups in total. The maximum absolute atomic E-state index is 8.94. The summed E-state index contributed by atoms with van der Waals surface area (Å²) >= 11 is 0. The number of hydrogen-bond donors (Lipinski definition) is 1. The van der Waals surface area contributed by atoms with Crippen molar-refractivity contribution in [3.63, 3.8) is 0 Å². The van der Waals surface area contributed by atoms with Crippen LogP contribution >= 0.6 is 0 Å². The summed E-state index contributed by atoms with van der Waals surface area (Å²) in [5, 5.41) is 8.94. The van der Waals surface area contributed by atoms with Crippen LogP contribution in [0.15, 0.2) is 36.4 Å². The Morgan fingerprint density at radius 2 is 1.61 bits per heavy atom. The predicted octanol–water partition coefficient (Wildman–Crippen LogP) is 4.99.